The lowest BCUT2D eigenvalue weighted by Crippen LogP contribution is -2.51. The van der Waals surface area contributed by atoms with Crippen LogP contribution in [0.2, 0.25) is 0 Å². The third kappa shape index (κ3) is 6.95. The number of rotatable bonds is 7. The van der Waals surface area contributed by atoms with Gasteiger partial charge in [0.15, 0.2) is 0 Å². The first-order valence-corrected chi connectivity index (χ1v) is 10.7. The van der Waals surface area contributed by atoms with Gasteiger partial charge in [0.2, 0.25) is 11.8 Å². The lowest BCUT2D eigenvalue weighted by molar-refractivity contribution is -0.137. The SMILES string of the molecule is NC(=O)N[C@@H](CC(=O)N1CCN(CC(=O)Nc2ccccc2C(F)(F)F)CC1)c1ccccc1. The number of carbonyl (C=O) groups is 3. The van der Waals surface area contributed by atoms with Gasteiger partial charge in [-0.1, -0.05) is 42.5 Å². The number of hydrogen-bond acceptors (Lipinski definition) is 4. The monoisotopic (exact) mass is 477 g/mol. The molecule has 0 radical (unpaired) electrons. The Kier molecular flexibility index (Phi) is 8.11. The predicted octanol–water partition coefficient (Wildman–Crippen LogP) is 2.59. The number of benzene rings is 2. The molecule has 2 aromatic carbocycles. The molecule has 182 valence electrons. The van der Waals surface area contributed by atoms with Crippen LogP contribution in [0.3, 0.4) is 0 Å². The molecule has 34 heavy (non-hydrogen) atoms. The van der Waals surface area contributed by atoms with Gasteiger partial charge in [-0.3, -0.25) is 14.5 Å². The van der Waals surface area contributed by atoms with Gasteiger partial charge in [0, 0.05) is 26.2 Å². The minimum Gasteiger partial charge on any atom is -0.352 e. The second-order valence-electron chi connectivity index (χ2n) is 7.92. The number of para-hydroxylation sites is 1. The summed E-state index contributed by atoms with van der Waals surface area (Å²) in [4.78, 5) is 39.9. The Labute approximate surface area is 194 Å². The molecule has 0 aliphatic carbocycles. The molecule has 1 saturated heterocycles. The summed E-state index contributed by atoms with van der Waals surface area (Å²) < 4.78 is 39.3. The van der Waals surface area contributed by atoms with Gasteiger partial charge in [-0.25, -0.2) is 4.79 Å². The summed E-state index contributed by atoms with van der Waals surface area (Å²) in [5.74, 6) is -0.739. The van der Waals surface area contributed by atoms with Gasteiger partial charge < -0.3 is 21.3 Å². The van der Waals surface area contributed by atoms with Crippen molar-refractivity contribution in [3.63, 3.8) is 0 Å². The molecule has 0 spiro atoms. The van der Waals surface area contributed by atoms with Crippen LogP contribution < -0.4 is 16.4 Å². The number of hydrogen-bond donors (Lipinski definition) is 3. The van der Waals surface area contributed by atoms with E-state index in [1.54, 1.807) is 34.1 Å². The Hall–Kier alpha value is -3.60. The second kappa shape index (κ2) is 11.0. The molecule has 0 bridgehead atoms. The second-order valence-corrected chi connectivity index (χ2v) is 7.92. The van der Waals surface area contributed by atoms with Crippen molar-refractivity contribution in [3.05, 3.63) is 65.7 Å². The maximum atomic E-state index is 13.1. The van der Waals surface area contributed by atoms with Gasteiger partial charge >= 0.3 is 12.2 Å². The molecular weight excluding hydrogens is 451 g/mol. The molecule has 1 aliphatic heterocycles. The molecule has 1 aliphatic rings. The molecule has 3 rings (SSSR count). The Morgan fingerprint density at radius 1 is 0.941 bits per heavy atom. The highest BCUT2D eigenvalue weighted by Crippen LogP contribution is 2.34. The summed E-state index contributed by atoms with van der Waals surface area (Å²) >= 11 is 0. The quantitative estimate of drug-likeness (QED) is 0.570. The van der Waals surface area contributed by atoms with E-state index in [2.05, 4.69) is 10.6 Å². The van der Waals surface area contributed by atoms with E-state index < -0.39 is 29.7 Å². The van der Waals surface area contributed by atoms with Crippen LogP contribution in [0, 0.1) is 0 Å². The smallest absolute Gasteiger partial charge is 0.352 e. The van der Waals surface area contributed by atoms with E-state index in [1.807, 2.05) is 6.07 Å². The van der Waals surface area contributed by atoms with Crippen LogP contribution >= 0.6 is 0 Å². The van der Waals surface area contributed by atoms with Crippen molar-refractivity contribution < 1.29 is 27.6 Å². The lowest BCUT2D eigenvalue weighted by Gasteiger charge is -2.35. The average molecular weight is 477 g/mol. The Bertz CT molecular complexity index is 1010. The maximum Gasteiger partial charge on any atom is 0.418 e. The van der Waals surface area contributed by atoms with Crippen molar-refractivity contribution in [2.75, 3.05) is 38.0 Å². The van der Waals surface area contributed by atoms with E-state index in [4.69, 9.17) is 5.73 Å². The lowest BCUT2D eigenvalue weighted by atomic mass is 10.0. The number of nitrogens with two attached hydrogens (primary N) is 1. The third-order valence-corrected chi connectivity index (χ3v) is 5.50. The molecule has 2 aromatic rings. The number of carbonyl (C=O) groups excluding carboxylic acids is 3. The van der Waals surface area contributed by atoms with Gasteiger partial charge in [0.25, 0.3) is 0 Å². The Balaban J connectivity index is 1.51. The molecule has 0 aromatic heterocycles. The van der Waals surface area contributed by atoms with Crippen LogP contribution in [0.5, 0.6) is 0 Å². The fourth-order valence-corrected chi connectivity index (χ4v) is 3.80. The van der Waals surface area contributed by atoms with E-state index in [1.165, 1.54) is 18.2 Å². The molecular formula is C23H26F3N5O3. The van der Waals surface area contributed by atoms with Crippen molar-refractivity contribution >= 4 is 23.5 Å². The first-order chi connectivity index (χ1) is 16.1. The first-order valence-electron chi connectivity index (χ1n) is 10.7. The molecule has 1 atom stereocenters. The van der Waals surface area contributed by atoms with Crippen molar-refractivity contribution in [1.82, 2.24) is 15.1 Å². The highest BCUT2D eigenvalue weighted by Gasteiger charge is 2.34. The molecule has 1 heterocycles. The fraction of sp³-hybridized carbons (Fsp3) is 0.348. The molecule has 11 heteroatoms. The number of halogens is 3. The van der Waals surface area contributed by atoms with E-state index in [0.29, 0.717) is 26.2 Å². The predicted molar refractivity (Wildman–Crippen MR) is 120 cm³/mol. The van der Waals surface area contributed by atoms with Crippen molar-refractivity contribution in [2.45, 2.75) is 18.6 Å². The number of amides is 4. The number of piperazine rings is 1. The molecule has 4 N–H and O–H groups in total. The molecule has 0 saturated carbocycles. The minimum absolute atomic E-state index is 0.0294. The number of nitrogens with zero attached hydrogens (tertiary/aromatic N) is 2. The van der Waals surface area contributed by atoms with Crippen molar-refractivity contribution in [3.8, 4) is 0 Å². The summed E-state index contributed by atoms with van der Waals surface area (Å²) in [7, 11) is 0. The topological polar surface area (TPSA) is 108 Å². The van der Waals surface area contributed by atoms with E-state index in [0.717, 1.165) is 11.6 Å². The zero-order valence-corrected chi connectivity index (χ0v) is 18.3. The van der Waals surface area contributed by atoms with Crippen LogP contribution in [0.25, 0.3) is 0 Å². The molecule has 8 nitrogen and oxygen atoms in total. The zero-order chi connectivity index (χ0) is 24.7. The normalized spacial score (nSPS) is 15.4. The summed E-state index contributed by atoms with van der Waals surface area (Å²) in [5.41, 5.74) is 4.81. The summed E-state index contributed by atoms with van der Waals surface area (Å²) in [6, 6.07) is 12.5. The largest absolute Gasteiger partial charge is 0.418 e. The van der Waals surface area contributed by atoms with Crippen LogP contribution in [0.15, 0.2) is 54.6 Å². The standard InChI is InChI=1S/C23H26F3N5O3/c24-23(25,26)17-8-4-5-9-18(17)28-20(32)15-30-10-12-31(13-11-30)21(33)14-19(29-22(27)34)16-6-2-1-3-7-16/h1-9,19H,10-15H2,(H,28,32)(H3,27,29,34)/t19-/m0/s1. The van der Waals surface area contributed by atoms with Gasteiger partial charge in [0.05, 0.1) is 30.3 Å². The summed E-state index contributed by atoms with van der Waals surface area (Å²) in [6.45, 7) is 1.38. The maximum absolute atomic E-state index is 13.1. The number of primary amides is 1. The number of anilines is 1. The first kappa shape index (κ1) is 25.0. The van der Waals surface area contributed by atoms with Crippen LogP contribution in [-0.4, -0.2) is 60.4 Å². The van der Waals surface area contributed by atoms with Crippen LogP contribution in [0.1, 0.15) is 23.6 Å². The summed E-state index contributed by atoms with van der Waals surface area (Å²) in [5, 5.41) is 4.91. The van der Waals surface area contributed by atoms with Crippen molar-refractivity contribution in [2.24, 2.45) is 5.73 Å². The molecule has 0 unspecified atom stereocenters. The average Bonchev–Trinajstić information content (AvgIpc) is 2.79. The van der Waals surface area contributed by atoms with Crippen LogP contribution in [0.4, 0.5) is 23.7 Å². The molecule has 4 amide bonds. The van der Waals surface area contributed by atoms with E-state index in [-0.39, 0.29) is 24.6 Å². The van der Waals surface area contributed by atoms with Crippen molar-refractivity contribution in [1.29, 1.82) is 0 Å². The van der Waals surface area contributed by atoms with E-state index >= 15 is 0 Å². The highest BCUT2D eigenvalue weighted by molar-refractivity contribution is 5.93. The Morgan fingerprint density at radius 3 is 2.18 bits per heavy atom. The zero-order valence-electron chi connectivity index (χ0n) is 18.3. The molecule has 1 fully saturated rings. The number of nitrogens with one attached hydrogen (secondary N) is 2. The van der Waals surface area contributed by atoms with Gasteiger partial charge in [-0.15, -0.1) is 0 Å². The Morgan fingerprint density at radius 2 is 1.56 bits per heavy atom. The number of urea groups is 1. The van der Waals surface area contributed by atoms with Gasteiger partial charge in [0.1, 0.15) is 0 Å². The van der Waals surface area contributed by atoms with Crippen LogP contribution in [-0.2, 0) is 15.8 Å². The minimum atomic E-state index is -4.57. The summed E-state index contributed by atoms with van der Waals surface area (Å²) in [6.07, 6.45) is -4.54. The van der Waals surface area contributed by atoms with Gasteiger partial charge in [-0.05, 0) is 17.7 Å². The van der Waals surface area contributed by atoms with E-state index in [9.17, 15) is 27.6 Å². The van der Waals surface area contributed by atoms with Gasteiger partial charge in [-0.2, -0.15) is 13.2 Å². The third-order valence-electron chi connectivity index (χ3n) is 5.50. The fourth-order valence-electron chi connectivity index (χ4n) is 3.80. The highest BCUT2D eigenvalue weighted by atomic mass is 19.4. The number of alkyl halides is 3.